The van der Waals surface area contributed by atoms with Crippen molar-refractivity contribution in [1.82, 2.24) is 5.32 Å². The molecular formula is C11H13NO2S. The minimum atomic E-state index is 0.105. The normalized spacial score (nSPS) is 21.5. The highest BCUT2D eigenvalue weighted by molar-refractivity contribution is 7.12. The van der Waals surface area contributed by atoms with E-state index < -0.39 is 0 Å². The molecule has 0 bridgehead atoms. The summed E-state index contributed by atoms with van der Waals surface area (Å²) in [7, 11) is 0. The fourth-order valence-electron chi connectivity index (χ4n) is 2.37. The van der Waals surface area contributed by atoms with E-state index in [1.54, 1.807) is 11.3 Å². The van der Waals surface area contributed by atoms with Gasteiger partial charge in [-0.3, -0.25) is 4.79 Å². The summed E-state index contributed by atoms with van der Waals surface area (Å²) in [6.45, 7) is 2.44. The number of nitrogens with one attached hydrogen (secondary N) is 1. The van der Waals surface area contributed by atoms with Gasteiger partial charge in [-0.05, 0) is 35.3 Å². The fourth-order valence-corrected chi connectivity index (χ4v) is 3.46. The Labute approximate surface area is 92.4 Å². The van der Waals surface area contributed by atoms with Crippen LogP contribution in [0.4, 0.5) is 0 Å². The van der Waals surface area contributed by atoms with Crippen molar-refractivity contribution in [2.24, 2.45) is 0 Å². The minimum absolute atomic E-state index is 0.105. The molecule has 0 aliphatic carbocycles. The number of fused-ring (bicyclic) bond motifs is 1. The molecule has 4 heteroatoms. The number of ether oxygens (including phenoxy) is 1. The van der Waals surface area contributed by atoms with Crippen LogP contribution in [0.15, 0.2) is 5.38 Å². The molecule has 0 spiro atoms. The molecule has 1 aromatic rings. The Bertz CT molecular complexity index is 393. The second kappa shape index (κ2) is 3.61. The summed E-state index contributed by atoms with van der Waals surface area (Å²) >= 11 is 1.59. The summed E-state index contributed by atoms with van der Waals surface area (Å²) in [5.74, 6) is 0.708. The van der Waals surface area contributed by atoms with Gasteiger partial charge in [0.2, 0.25) is 0 Å². The zero-order chi connectivity index (χ0) is 10.3. The maximum absolute atomic E-state index is 11.4. The molecule has 3 nitrogen and oxygen atoms in total. The summed E-state index contributed by atoms with van der Waals surface area (Å²) in [4.78, 5) is 12.4. The Morgan fingerprint density at radius 3 is 3.00 bits per heavy atom. The molecule has 15 heavy (non-hydrogen) atoms. The van der Waals surface area contributed by atoms with E-state index in [4.69, 9.17) is 4.74 Å². The lowest BCUT2D eigenvalue weighted by Gasteiger charge is -2.22. The van der Waals surface area contributed by atoms with E-state index in [0.29, 0.717) is 5.92 Å². The Kier molecular flexibility index (Phi) is 2.25. The SMILES string of the molecule is O=C1NCc2c(C3CCOCC3)csc21. The first-order chi connectivity index (χ1) is 7.36. The van der Waals surface area contributed by atoms with Gasteiger partial charge < -0.3 is 10.1 Å². The van der Waals surface area contributed by atoms with Crippen LogP contribution >= 0.6 is 11.3 Å². The number of hydrogen-bond donors (Lipinski definition) is 1. The predicted octanol–water partition coefficient (Wildman–Crippen LogP) is 1.89. The lowest BCUT2D eigenvalue weighted by atomic mass is 9.91. The lowest BCUT2D eigenvalue weighted by Crippen LogP contribution is -2.15. The molecule has 1 aromatic heterocycles. The zero-order valence-corrected chi connectivity index (χ0v) is 9.23. The van der Waals surface area contributed by atoms with Crippen molar-refractivity contribution in [2.75, 3.05) is 13.2 Å². The average molecular weight is 223 g/mol. The van der Waals surface area contributed by atoms with E-state index in [0.717, 1.165) is 37.5 Å². The maximum Gasteiger partial charge on any atom is 0.261 e. The van der Waals surface area contributed by atoms with Gasteiger partial charge in [0, 0.05) is 19.8 Å². The Morgan fingerprint density at radius 2 is 2.20 bits per heavy atom. The summed E-state index contributed by atoms with van der Waals surface area (Å²) in [6, 6.07) is 0. The van der Waals surface area contributed by atoms with Gasteiger partial charge in [-0.2, -0.15) is 0 Å². The molecular weight excluding hydrogens is 210 g/mol. The number of thiophene rings is 1. The molecule has 1 fully saturated rings. The van der Waals surface area contributed by atoms with Crippen molar-refractivity contribution in [1.29, 1.82) is 0 Å². The fraction of sp³-hybridized carbons (Fsp3) is 0.545. The third kappa shape index (κ3) is 1.48. The smallest absolute Gasteiger partial charge is 0.261 e. The topological polar surface area (TPSA) is 38.3 Å². The van der Waals surface area contributed by atoms with Crippen molar-refractivity contribution in [2.45, 2.75) is 25.3 Å². The summed E-state index contributed by atoms with van der Waals surface area (Å²) in [6.07, 6.45) is 2.19. The van der Waals surface area contributed by atoms with E-state index in [9.17, 15) is 4.79 Å². The lowest BCUT2D eigenvalue weighted by molar-refractivity contribution is 0.0852. The van der Waals surface area contributed by atoms with Crippen LogP contribution in [0.2, 0.25) is 0 Å². The van der Waals surface area contributed by atoms with Gasteiger partial charge >= 0.3 is 0 Å². The largest absolute Gasteiger partial charge is 0.381 e. The van der Waals surface area contributed by atoms with E-state index in [1.165, 1.54) is 11.1 Å². The molecule has 1 saturated heterocycles. The van der Waals surface area contributed by atoms with Gasteiger partial charge in [-0.15, -0.1) is 11.3 Å². The standard InChI is InChI=1S/C11H13NO2S/c13-11-10-8(5-12-11)9(6-15-10)7-1-3-14-4-2-7/h6-7H,1-5H2,(H,12,13). The molecule has 80 valence electrons. The molecule has 0 atom stereocenters. The van der Waals surface area contributed by atoms with Crippen molar-refractivity contribution in [3.05, 3.63) is 21.4 Å². The third-order valence-corrected chi connectivity index (χ3v) is 4.26. The highest BCUT2D eigenvalue weighted by atomic mass is 32.1. The molecule has 3 heterocycles. The van der Waals surface area contributed by atoms with Crippen molar-refractivity contribution in [3.8, 4) is 0 Å². The Morgan fingerprint density at radius 1 is 1.40 bits per heavy atom. The zero-order valence-electron chi connectivity index (χ0n) is 8.41. The molecule has 0 aromatic carbocycles. The maximum atomic E-state index is 11.4. The molecule has 0 unspecified atom stereocenters. The van der Waals surface area contributed by atoms with Gasteiger partial charge in [0.15, 0.2) is 0 Å². The number of hydrogen-bond acceptors (Lipinski definition) is 3. The van der Waals surface area contributed by atoms with Gasteiger partial charge in [0.05, 0.1) is 4.88 Å². The minimum Gasteiger partial charge on any atom is -0.381 e. The first kappa shape index (κ1) is 9.36. The second-order valence-corrected chi connectivity index (χ2v) is 4.95. The van der Waals surface area contributed by atoms with Crippen LogP contribution in [0.1, 0.15) is 39.6 Å². The van der Waals surface area contributed by atoms with Crippen LogP contribution in [-0.4, -0.2) is 19.1 Å². The first-order valence-corrected chi connectivity index (χ1v) is 6.20. The summed E-state index contributed by atoms with van der Waals surface area (Å²) in [5.41, 5.74) is 2.63. The van der Waals surface area contributed by atoms with Crippen molar-refractivity contribution in [3.63, 3.8) is 0 Å². The summed E-state index contributed by atoms with van der Waals surface area (Å²) in [5, 5.41) is 5.05. The van der Waals surface area contributed by atoms with Crippen LogP contribution < -0.4 is 5.32 Å². The molecule has 0 saturated carbocycles. The van der Waals surface area contributed by atoms with Gasteiger partial charge in [0.1, 0.15) is 0 Å². The van der Waals surface area contributed by atoms with Crippen LogP contribution in [-0.2, 0) is 11.3 Å². The van der Waals surface area contributed by atoms with E-state index in [1.807, 2.05) is 0 Å². The monoisotopic (exact) mass is 223 g/mol. The van der Waals surface area contributed by atoms with Gasteiger partial charge in [-0.25, -0.2) is 0 Å². The predicted molar refractivity (Wildman–Crippen MR) is 58.3 cm³/mol. The quantitative estimate of drug-likeness (QED) is 0.789. The molecule has 1 N–H and O–H groups in total. The highest BCUT2D eigenvalue weighted by Crippen LogP contribution is 2.36. The van der Waals surface area contributed by atoms with E-state index >= 15 is 0 Å². The van der Waals surface area contributed by atoms with Crippen LogP contribution in [0, 0.1) is 0 Å². The van der Waals surface area contributed by atoms with E-state index in [-0.39, 0.29) is 5.91 Å². The number of amides is 1. The number of rotatable bonds is 1. The molecule has 0 radical (unpaired) electrons. The van der Waals surface area contributed by atoms with Crippen molar-refractivity contribution >= 4 is 17.2 Å². The first-order valence-electron chi connectivity index (χ1n) is 5.32. The highest BCUT2D eigenvalue weighted by Gasteiger charge is 2.28. The van der Waals surface area contributed by atoms with Gasteiger partial charge in [-0.1, -0.05) is 0 Å². The second-order valence-electron chi connectivity index (χ2n) is 4.07. The summed E-state index contributed by atoms with van der Waals surface area (Å²) < 4.78 is 5.36. The Hall–Kier alpha value is -0.870. The third-order valence-electron chi connectivity index (χ3n) is 3.22. The molecule has 2 aliphatic rings. The number of carbonyl (C=O) groups excluding carboxylic acids is 1. The average Bonchev–Trinajstić information content (AvgIpc) is 2.83. The molecule has 2 aliphatic heterocycles. The molecule has 1 amide bonds. The van der Waals surface area contributed by atoms with Crippen molar-refractivity contribution < 1.29 is 9.53 Å². The van der Waals surface area contributed by atoms with Gasteiger partial charge in [0.25, 0.3) is 5.91 Å². The molecule has 3 rings (SSSR count). The van der Waals surface area contributed by atoms with Crippen LogP contribution in [0.25, 0.3) is 0 Å². The van der Waals surface area contributed by atoms with Crippen LogP contribution in [0.3, 0.4) is 0 Å². The van der Waals surface area contributed by atoms with E-state index in [2.05, 4.69) is 10.7 Å². The number of carbonyl (C=O) groups is 1. The van der Waals surface area contributed by atoms with Crippen LogP contribution in [0.5, 0.6) is 0 Å². The Balaban J connectivity index is 1.92.